The van der Waals surface area contributed by atoms with Gasteiger partial charge in [0.15, 0.2) is 0 Å². The van der Waals surface area contributed by atoms with Crippen molar-refractivity contribution in [3.63, 3.8) is 0 Å². The molecule has 5 heteroatoms. The number of nitrogen functional groups attached to an aromatic ring is 1. The van der Waals surface area contributed by atoms with Gasteiger partial charge in [0.2, 0.25) is 0 Å². The van der Waals surface area contributed by atoms with Crippen LogP contribution in [0.4, 0.5) is 5.69 Å². The van der Waals surface area contributed by atoms with Crippen LogP contribution in [0.5, 0.6) is 5.75 Å². The number of nitrogens with two attached hydrogens (primary N) is 1. The molecule has 0 amide bonds. The summed E-state index contributed by atoms with van der Waals surface area (Å²) in [6.45, 7) is 3.81. The largest absolute Gasteiger partial charge is 0.484 e. The Morgan fingerprint density at radius 3 is 2.75 bits per heavy atom. The first-order valence-corrected chi connectivity index (χ1v) is 14.1. The molecule has 5 aliphatic carbocycles. The van der Waals surface area contributed by atoms with Crippen molar-refractivity contribution in [3.8, 4) is 5.75 Å². The van der Waals surface area contributed by atoms with Crippen LogP contribution in [0.2, 0.25) is 0 Å². The molecule has 5 nitrogen and oxygen atoms in total. The van der Waals surface area contributed by atoms with Crippen LogP contribution < -0.4 is 10.5 Å². The Morgan fingerprint density at radius 2 is 1.94 bits per heavy atom. The van der Waals surface area contributed by atoms with Crippen LogP contribution in [0.25, 0.3) is 0 Å². The van der Waals surface area contributed by atoms with Gasteiger partial charge in [-0.3, -0.25) is 4.90 Å². The van der Waals surface area contributed by atoms with E-state index in [0.717, 1.165) is 43.0 Å². The average molecular weight is 487 g/mol. The first-order chi connectivity index (χ1) is 17.6. The van der Waals surface area contributed by atoms with Gasteiger partial charge in [-0.05, 0) is 74.6 Å². The van der Waals surface area contributed by atoms with Crippen LogP contribution in [0, 0.1) is 17.3 Å². The minimum atomic E-state index is -0.332. The van der Waals surface area contributed by atoms with Gasteiger partial charge in [-0.25, -0.2) is 0 Å². The van der Waals surface area contributed by atoms with Gasteiger partial charge in [-0.15, -0.1) is 0 Å². The van der Waals surface area contributed by atoms with E-state index < -0.39 is 0 Å². The molecule has 4 saturated carbocycles. The molecule has 2 aromatic rings. The molecule has 4 bridgehead atoms. The number of hydrogen-bond acceptors (Lipinski definition) is 5. The summed E-state index contributed by atoms with van der Waals surface area (Å²) in [5, 5.41) is 0. The number of rotatable bonds is 7. The Balaban J connectivity index is 1.22. The zero-order valence-electron chi connectivity index (χ0n) is 21.4. The van der Waals surface area contributed by atoms with Crippen molar-refractivity contribution in [2.45, 2.75) is 74.7 Å². The van der Waals surface area contributed by atoms with Gasteiger partial charge in [0.05, 0.1) is 18.9 Å². The fourth-order valence-corrected chi connectivity index (χ4v) is 9.67. The zero-order chi connectivity index (χ0) is 24.1. The van der Waals surface area contributed by atoms with Crippen LogP contribution in [0.3, 0.4) is 0 Å². The van der Waals surface area contributed by atoms with Crippen molar-refractivity contribution >= 4 is 5.69 Å². The lowest BCUT2D eigenvalue weighted by molar-refractivity contribution is -0.283. The lowest BCUT2D eigenvalue weighted by Crippen LogP contribution is -2.81. The fourth-order valence-electron chi connectivity index (χ4n) is 9.67. The highest BCUT2D eigenvalue weighted by atomic mass is 16.6. The Labute approximate surface area is 214 Å². The summed E-state index contributed by atoms with van der Waals surface area (Å²) >= 11 is 0. The normalized spacial score (nSPS) is 39.6. The first kappa shape index (κ1) is 22.0. The maximum atomic E-state index is 7.03. The Kier molecular flexibility index (Phi) is 4.57. The average Bonchev–Trinajstić information content (AvgIpc) is 3.64. The van der Waals surface area contributed by atoms with Crippen molar-refractivity contribution < 1.29 is 14.2 Å². The van der Waals surface area contributed by atoms with Gasteiger partial charge in [0, 0.05) is 42.0 Å². The monoisotopic (exact) mass is 486 g/mol. The smallest absolute Gasteiger partial charge is 0.147 e. The Bertz CT molecular complexity index is 1200. The minimum Gasteiger partial charge on any atom is -0.484 e. The van der Waals surface area contributed by atoms with E-state index in [1.54, 1.807) is 0 Å². The summed E-state index contributed by atoms with van der Waals surface area (Å²) in [4.78, 5) is 2.89. The summed E-state index contributed by atoms with van der Waals surface area (Å²) in [7, 11) is 1.91. The van der Waals surface area contributed by atoms with Gasteiger partial charge in [-0.1, -0.05) is 36.4 Å². The maximum absolute atomic E-state index is 7.03. The number of anilines is 1. The summed E-state index contributed by atoms with van der Waals surface area (Å²) in [5.74, 6) is 2.20. The molecule has 2 heterocycles. The number of ether oxygens (including phenoxy) is 3. The number of benzene rings is 2. The molecule has 0 radical (unpaired) electrons. The molecule has 2 aliphatic heterocycles. The van der Waals surface area contributed by atoms with Crippen LogP contribution in [0.15, 0.2) is 42.5 Å². The molecule has 2 spiro atoms. The zero-order valence-corrected chi connectivity index (χ0v) is 21.4. The number of methoxy groups -OCH3 is 1. The molecule has 2 N–H and O–H groups in total. The van der Waals surface area contributed by atoms with Crippen molar-refractivity contribution in [3.05, 3.63) is 59.2 Å². The molecule has 0 aromatic heterocycles. The third kappa shape index (κ3) is 2.62. The van der Waals surface area contributed by atoms with Crippen LogP contribution in [-0.2, 0) is 27.9 Å². The van der Waals surface area contributed by atoms with Gasteiger partial charge in [-0.2, -0.15) is 0 Å². The quantitative estimate of drug-likeness (QED) is 0.575. The standard InChI is InChI=1S/C31H38N2O3/c1-34-31-12-11-29(16-23(31)19-35-18-21-5-3-2-4-6-21)25-15-22-9-10-24(32)27-26(22)30(29,28(31)36-27)13-14-33(25)17-20-7-8-20/h2-6,9-10,20,23,25,28H,7-8,11-19,32H2,1H3/t23-,25?,28-,29-,30+,31-/m1/s1. The lowest BCUT2D eigenvalue weighted by atomic mass is 9.35. The molecular formula is C31H38N2O3. The minimum absolute atomic E-state index is 0.0141. The summed E-state index contributed by atoms with van der Waals surface area (Å²) in [5.41, 5.74) is 11.5. The van der Waals surface area contributed by atoms with Gasteiger partial charge in [0.1, 0.15) is 17.5 Å². The number of hydrogen-bond donors (Lipinski definition) is 1. The highest BCUT2D eigenvalue weighted by Gasteiger charge is 2.80. The fraction of sp³-hybridized carbons (Fsp3) is 0.613. The first-order valence-electron chi connectivity index (χ1n) is 14.1. The molecular weight excluding hydrogens is 448 g/mol. The highest BCUT2D eigenvalue weighted by molar-refractivity contribution is 5.68. The number of fused-ring (bicyclic) bond motifs is 2. The second-order valence-electron chi connectivity index (χ2n) is 12.6. The molecule has 1 unspecified atom stereocenters. The highest BCUT2D eigenvalue weighted by Crippen LogP contribution is 2.76. The number of likely N-dealkylation sites (tertiary alicyclic amines) is 1. The van der Waals surface area contributed by atoms with Crippen LogP contribution in [0.1, 0.15) is 55.2 Å². The second kappa shape index (κ2) is 7.49. The van der Waals surface area contributed by atoms with E-state index in [9.17, 15) is 0 Å². The van der Waals surface area contributed by atoms with E-state index in [2.05, 4.69) is 47.4 Å². The van der Waals surface area contributed by atoms with E-state index in [4.69, 9.17) is 19.9 Å². The van der Waals surface area contributed by atoms with Crippen molar-refractivity contribution in [2.75, 3.05) is 32.5 Å². The van der Waals surface area contributed by atoms with Crippen LogP contribution >= 0.6 is 0 Å². The van der Waals surface area contributed by atoms with E-state index in [0.29, 0.717) is 25.2 Å². The SMILES string of the molecule is CO[C@]12CC[C@@]3(C[C@@H]1COCc1ccccc1)C1Cc4ccc(N)c5c4[C@@]3(CCN1CC1CC1)[C@H]2O5. The van der Waals surface area contributed by atoms with Crippen molar-refractivity contribution in [1.82, 2.24) is 4.90 Å². The Morgan fingerprint density at radius 1 is 1.08 bits per heavy atom. The summed E-state index contributed by atoms with van der Waals surface area (Å²) < 4.78 is 20.1. The van der Waals surface area contributed by atoms with E-state index in [-0.39, 0.29) is 22.5 Å². The molecule has 5 fully saturated rings. The molecule has 1 saturated heterocycles. The summed E-state index contributed by atoms with van der Waals surface area (Å²) in [6, 6.07) is 15.5. The molecule has 36 heavy (non-hydrogen) atoms. The lowest BCUT2D eigenvalue weighted by Gasteiger charge is -2.74. The van der Waals surface area contributed by atoms with E-state index >= 15 is 0 Å². The van der Waals surface area contributed by atoms with Gasteiger partial charge in [0.25, 0.3) is 0 Å². The van der Waals surface area contributed by atoms with Crippen molar-refractivity contribution in [2.24, 2.45) is 17.3 Å². The second-order valence-corrected chi connectivity index (χ2v) is 12.6. The number of nitrogens with zero attached hydrogens (tertiary/aromatic N) is 1. The number of piperidine rings is 1. The van der Waals surface area contributed by atoms with E-state index in [1.807, 2.05) is 7.11 Å². The Hall–Kier alpha value is -2.08. The topological polar surface area (TPSA) is 57.0 Å². The third-order valence-corrected chi connectivity index (χ3v) is 11.3. The predicted octanol–water partition coefficient (Wildman–Crippen LogP) is 4.71. The molecule has 7 aliphatic rings. The van der Waals surface area contributed by atoms with Crippen LogP contribution in [-0.4, -0.2) is 49.5 Å². The molecule has 190 valence electrons. The van der Waals surface area contributed by atoms with Gasteiger partial charge >= 0.3 is 0 Å². The summed E-state index contributed by atoms with van der Waals surface area (Å²) in [6.07, 6.45) is 8.56. The molecule has 9 rings (SSSR count). The van der Waals surface area contributed by atoms with Crippen molar-refractivity contribution in [1.29, 1.82) is 0 Å². The molecule has 6 atom stereocenters. The van der Waals surface area contributed by atoms with E-state index in [1.165, 1.54) is 49.0 Å². The van der Waals surface area contributed by atoms with Gasteiger partial charge < -0.3 is 19.9 Å². The molecule has 2 aromatic carbocycles. The maximum Gasteiger partial charge on any atom is 0.147 e. The third-order valence-electron chi connectivity index (χ3n) is 11.3. The predicted molar refractivity (Wildman–Crippen MR) is 139 cm³/mol.